The molecular weight excluding hydrogens is 380 g/mol. The normalized spacial score (nSPS) is 19.9. The molecule has 0 saturated carbocycles. The Kier molecular flexibility index (Phi) is 5.59. The summed E-state index contributed by atoms with van der Waals surface area (Å²) in [6, 6.07) is 7.42. The van der Waals surface area contributed by atoms with Gasteiger partial charge in [0.05, 0.1) is 4.92 Å². The summed E-state index contributed by atoms with van der Waals surface area (Å²) in [6.07, 6.45) is 5.80. The number of nitrogens with one attached hydrogen (secondary N) is 1. The lowest BCUT2D eigenvalue weighted by Crippen LogP contribution is -2.40. The molecule has 2 aliphatic rings. The minimum absolute atomic E-state index is 0.0463. The topological polar surface area (TPSA) is 87.4 Å². The van der Waals surface area contributed by atoms with Gasteiger partial charge in [0.1, 0.15) is 6.20 Å². The molecule has 2 fully saturated rings. The van der Waals surface area contributed by atoms with Gasteiger partial charge in [0.15, 0.2) is 0 Å². The van der Waals surface area contributed by atoms with Crippen LogP contribution < -0.4 is 10.2 Å². The Bertz CT molecular complexity index is 841. The molecule has 2 aliphatic heterocycles. The number of halogens is 1. The van der Waals surface area contributed by atoms with Crippen LogP contribution >= 0.6 is 11.6 Å². The molecule has 2 aromatic rings. The molecule has 1 unspecified atom stereocenters. The first-order valence-corrected chi connectivity index (χ1v) is 10.0. The maximum atomic E-state index is 11.6. The summed E-state index contributed by atoms with van der Waals surface area (Å²) in [5, 5.41) is 15.3. The fraction of sp³-hybridized carbons (Fsp3) is 0.474. The molecule has 0 bridgehead atoms. The number of nitro groups is 1. The Labute approximate surface area is 168 Å². The Morgan fingerprint density at radius 1 is 1.18 bits per heavy atom. The SMILES string of the molecule is O=[N+]([O-])c1cnc(Nc2ccc(Cl)cc2)nc1N1CCCC1CN1CCCC1. The third-order valence-corrected chi connectivity index (χ3v) is 5.62. The predicted octanol–water partition coefficient (Wildman–Crippen LogP) is 3.85. The van der Waals surface area contributed by atoms with Crippen molar-refractivity contribution in [2.45, 2.75) is 31.7 Å². The highest BCUT2D eigenvalue weighted by molar-refractivity contribution is 6.30. The van der Waals surface area contributed by atoms with E-state index in [4.69, 9.17) is 11.6 Å². The second kappa shape index (κ2) is 8.28. The van der Waals surface area contributed by atoms with Crippen LogP contribution in [-0.4, -0.2) is 52.0 Å². The summed E-state index contributed by atoms with van der Waals surface area (Å²) in [6.45, 7) is 3.93. The molecule has 148 valence electrons. The summed E-state index contributed by atoms with van der Waals surface area (Å²) in [5.74, 6) is 0.743. The number of likely N-dealkylation sites (tertiary alicyclic amines) is 1. The lowest BCUT2D eigenvalue weighted by atomic mass is 10.2. The van der Waals surface area contributed by atoms with Gasteiger partial charge in [-0.3, -0.25) is 10.1 Å². The van der Waals surface area contributed by atoms with Crippen LogP contribution in [0.15, 0.2) is 30.5 Å². The molecule has 0 radical (unpaired) electrons. The van der Waals surface area contributed by atoms with Gasteiger partial charge in [-0.1, -0.05) is 11.6 Å². The van der Waals surface area contributed by atoms with E-state index in [1.54, 1.807) is 12.1 Å². The van der Waals surface area contributed by atoms with E-state index in [1.165, 1.54) is 19.0 Å². The Balaban J connectivity index is 1.59. The molecule has 0 amide bonds. The van der Waals surface area contributed by atoms with Crippen LogP contribution in [0.4, 0.5) is 23.1 Å². The maximum Gasteiger partial charge on any atom is 0.329 e. The lowest BCUT2D eigenvalue weighted by Gasteiger charge is -2.29. The largest absolute Gasteiger partial charge is 0.346 e. The molecule has 28 heavy (non-hydrogen) atoms. The first kappa shape index (κ1) is 18.9. The summed E-state index contributed by atoms with van der Waals surface area (Å²) in [5.41, 5.74) is 0.731. The van der Waals surface area contributed by atoms with Crippen LogP contribution in [0.3, 0.4) is 0 Å². The quantitative estimate of drug-likeness (QED) is 0.580. The van der Waals surface area contributed by atoms with Crippen molar-refractivity contribution in [2.24, 2.45) is 0 Å². The molecule has 0 aliphatic carbocycles. The number of hydrogen-bond donors (Lipinski definition) is 1. The molecule has 3 heterocycles. The van der Waals surface area contributed by atoms with E-state index >= 15 is 0 Å². The van der Waals surface area contributed by atoms with Crippen LogP contribution in [0.5, 0.6) is 0 Å². The van der Waals surface area contributed by atoms with Crippen molar-refractivity contribution in [2.75, 3.05) is 36.4 Å². The molecule has 9 heteroatoms. The van der Waals surface area contributed by atoms with Crippen molar-refractivity contribution < 1.29 is 4.92 Å². The number of benzene rings is 1. The Hall–Kier alpha value is -2.45. The second-order valence-corrected chi connectivity index (χ2v) is 7.73. The van der Waals surface area contributed by atoms with Crippen LogP contribution in [0.1, 0.15) is 25.7 Å². The number of rotatable bonds is 6. The van der Waals surface area contributed by atoms with Crippen molar-refractivity contribution in [3.63, 3.8) is 0 Å². The van der Waals surface area contributed by atoms with E-state index in [1.807, 2.05) is 12.1 Å². The predicted molar refractivity (Wildman–Crippen MR) is 109 cm³/mol. The van der Waals surface area contributed by atoms with Gasteiger partial charge in [-0.2, -0.15) is 4.98 Å². The van der Waals surface area contributed by atoms with E-state index in [9.17, 15) is 10.1 Å². The van der Waals surface area contributed by atoms with E-state index in [0.717, 1.165) is 44.7 Å². The van der Waals surface area contributed by atoms with E-state index in [2.05, 4.69) is 25.1 Å². The minimum Gasteiger partial charge on any atom is -0.346 e. The van der Waals surface area contributed by atoms with Gasteiger partial charge in [0, 0.05) is 29.8 Å². The van der Waals surface area contributed by atoms with E-state index in [-0.39, 0.29) is 11.7 Å². The molecule has 8 nitrogen and oxygen atoms in total. The monoisotopic (exact) mass is 402 g/mol. The average molecular weight is 403 g/mol. The van der Waals surface area contributed by atoms with Gasteiger partial charge in [-0.15, -0.1) is 0 Å². The van der Waals surface area contributed by atoms with E-state index < -0.39 is 4.92 Å². The first-order valence-electron chi connectivity index (χ1n) is 9.63. The zero-order valence-corrected chi connectivity index (χ0v) is 16.3. The van der Waals surface area contributed by atoms with Crippen molar-refractivity contribution >= 4 is 34.7 Å². The summed E-state index contributed by atoms with van der Waals surface area (Å²) in [4.78, 5) is 24.4. The second-order valence-electron chi connectivity index (χ2n) is 7.29. The number of hydrogen-bond acceptors (Lipinski definition) is 7. The smallest absolute Gasteiger partial charge is 0.329 e. The highest BCUT2D eigenvalue weighted by Gasteiger charge is 2.33. The van der Waals surface area contributed by atoms with Crippen molar-refractivity contribution in [3.8, 4) is 0 Å². The zero-order chi connectivity index (χ0) is 19.5. The van der Waals surface area contributed by atoms with Crippen LogP contribution in [0.25, 0.3) is 0 Å². The Morgan fingerprint density at radius 3 is 2.64 bits per heavy atom. The maximum absolute atomic E-state index is 11.6. The van der Waals surface area contributed by atoms with Crippen molar-refractivity contribution in [3.05, 3.63) is 45.6 Å². The molecule has 1 aromatic heterocycles. The van der Waals surface area contributed by atoms with Gasteiger partial charge in [0.2, 0.25) is 11.8 Å². The van der Waals surface area contributed by atoms with Gasteiger partial charge in [-0.25, -0.2) is 4.98 Å². The molecule has 4 rings (SSSR count). The molecule has 1 aromatic carbocycles. The minimum atomic E-state index is -0.396. The molecule has 0 spiro atoms. The van der Waals surface area contributed by atoms with Gasteiger partial charge in [-0.05, 0) is 63.0 Å². The number of nitrogens with zero attached hydrogens (tertiary/aromatic N) is 5. The summed E-state index contributed by atoms with van der Waals surface area (Å²) < 4.78 is 0. The first-order chi connectivity index (χ1) is 13.6. The highest BCUT2D eigenvalue weighted by atomic mass is 35.5. The van der Waals surface area contributed by atoms with Gasteiger partial charge < -0.3 is 15.1 Å². The lowest BCUT2D eigenvalue weighted by molar-refractivity contribution is -0.384. The zero-order valence-electron chi connectivity index (χ0n) is 15.6. The van der Waals surface area contributed by atoms with Gasteiger partial charge >= 0.3 is 5.69 Å². The molecule has 1 atom stereocenters. The number of aromatic nitrogens is 2. The fourth-order valence-corrected chi connectivity index (χ4v) is 4.12. The molecule has 2 saturated heterocycles. The van der Waals surface area contributed by atoms with Gasteiger partial charge in [0.25, 0.3) is 0 Å². The number of anilines is 3. The van der Waals surface area contributed by atoms with Crippen LogP contribution in [0, 0.1) is 10.1 Å². The molecular formula is C19H23ClN6O2. The third kappa shape index (κ3) is 4.18. The van der Waals surface area contributed by atoms with Crippen LogP contribution in [0.2, 0.25) is 5.02 Å². The summed E-state index contributed by atoms with van der Waals surface area (Å²) in [7, 11) is 0. The highest BCUT2D eigenvalue weighted by Crippen LogP contribution is 2.33. The molecule has 1 N–H and O–H groups in total. The Morgan fingerprint density at radius 2 is 1.93 bits per heavy atom. The van der Waals surface area contributed by atoms with Crippen molar-refractivity contribution in [1.29, 1.82) is 0 Å². The van der Waals surface area contributed by atoms with E-state index in [0.29, 0.717) is 16.8 Å². The van der Waals surface area contributed by atoms with Crippen LogP contribution in [-0.2, 0) is 0 Å². The standard InChI is InChI=1S/C19H23ClN6O2/c20-14-5-7-15(8-6-14)22-19-21-12-17(26(27)28)18(23-19)25-11-3-4-16(25)13-24-9-1-2-10-24/h5-8,12,16H,1-4,9-11,13H2,(H,21,22,23). The third-order valence-electron chi connectivity index (χ3n) is 5.36. The fourth-order valence-electron chi connectivity index (χ4n) is 4.00. The van der Waals surface area contributed by atoms with Crippen molar-refractivity contribution in [1.82, 2.24) is 14.9 Å². The summed E-state index contributed by atoms with van der Waals surface area (Å²) >= 11 is 5.92. The average Bonchev–Trinajstić information content (AvgIpc) is 3.36.